The summed E-state index contributed by atoms with van der Waals surface area (Å²) >= 11 is 0. The number of nitrogens with zero attached hydrogens (tertiary/aromatic N) is 1. The number of pyridine rings is 1. The lowest BCUT2D eigenvalue weighted by atomic mass is 9.93. The summed E-state index contributed by atoms with van der Waals surface area (Å²) in [5.74, 6) is 0.138. The van der Waals surface area contributed by atoms with Crippen LogP contribution in [0.4, 0.5) is 15.8 Å². The van der Waals surface area contributed by atoms with E-state index in [0.717, 1.165) is 24.1 Å². The quantitative estimate of drug-likeness (QED) is 0.460. The molecule has 0 unspecified atom stereocenters. The van der Waals surface area contributed by atoms with Crippen LogP contribution in [0.2, 0.25) is 0 Å². The van der Waals surface area contributed by atoms with E-state index >= 15 is 0 Å². The molecule has 6 rings (SSSR count). The molecule has 1 atom stereocenters. The smallest absolute Gasteiger partial charge is 0.255 e. The van der Waals surface area contributed by atoms with Gasteiger partial charge in [0.25, 0.3) is 5.91 Å². The summed E-state index contributed by atoms with van der Waals surface area (Å²) in [5, 5.41) is 6.47. The molecule has 3 aliphatic rings. The molecular weight excluding hydrogens is 463 g/mol. The summed E-state index contributed by atoms with van der Waals surface area (Å²) in [4.78, 5) is 21.0. The topological polar surface area (TPSA) is 97.5 Å². The molecule has 2 aliphatic heterocycles. The van der Waals surface area contributed by atoms with Gasteiger partial charge in [0.05, 0.1) is 43.0 Å². The number of hydrogen-bond donors (Lipinski definition) is 3. The summed E-state index contributed by atoms with van der Waals surface area (Å²) in [6.07, 6.45) is 5.70. The highest BCUT2D eigenvalue weighted by Crippen LogP contribution is 2.54. The Bertz CT molecular complexity index is 1300. The van der Waals surface area contributed by atoms with E-state index in [0.29, 0.717) is 73.3 Å². The van der Waals surface area contributed by atoms with Gasteiger partial charge in [-0.3, -0.25) is 9.78 Å². The van der Waals surface area contributed by atoms with Crippen molar-refractivity contribution in [1.29, 1.82) is 0 Å². The van der Waals surface area contributed by atoms with Crippen molar-refractivity contribution in [2.75, 3.05) is 38.3 Å². The molecular formula is C27H29FN4O4. The zero-order valence-electron chi connectivity index (χ0n) is 20.2. The molecule has 188 valence electrons. The Hall–Kier alpha value is -3.43. The van der Waals surface area contributed by atoms with Crippen molar-refractivity contribution < 1.29 is 23.4 Å². The summed E-state index contributed by atoms with van der Waals surface area (Å²) < 4.78 is 32.0. The van der Waals surface area contributed by atoms with E-state index in [-0.39, 0.29) is 23.2 Å². The highest BCUT2D eigenvalue weighted by atomic mass is 19.1. The Kier molecular flexibility index (Phi) is 5.89. The summed E-state index contributed by atoms with van der Waals surface area (Å²) in [5.41, 5.74) is 4.70. The van der Waals surface area contributed by atoms with Gasteiger partial charge in [-0.05, 0) is 37.5 Å². The van der Waals surface area contributed by atoms with Crippen LogP contribution in [0.1, 0.15) is 41.4 Å². The minimum atomic E-state index is -0.279. The van der Waals surface area contributed by atoms with Crippen LogP contribution in [0.5, 0.6) is 5.75 Å². The third kappa shape index (κ3) is 4.02. The second-order valence-electron chi connectivity index (χ2n) is 9.58. The summed E-state index contributed by atoms with van der Waals surface area (Å²) in [7, 11) is 0. The molecule has 1 amide bonds. The fourth-order valence-corrected chi connectivity index (χ4v) is 5.14. The average Bonchev–Trinajstić information content (AvgIpc) is 3.58. The van der Waals surface area contributed by atoms with Crippen LogP contribution in [0.3, 0.4) is 0 Å². The molecule has 1 saturated heterocycles. The zero-order chi connectivity index (χ0) is 24.7. The Labute approximate surface area is 208 Å². The normalized spacial score (nSPS) is 20.1. The molecule has 1 aromatic carbocycles. The van der Waals surface area contributed by atoms with E-state index < -0.39 is 0 Å². The average molecular weight is 493 g/mol. The number of halogens is 1. The van der Waals surface area contributed by atoms with E-state index in [9.17, 15) is 9.18 Å². The molecule has 9 heteroatoms. The number of anilines is 2. The van der Waals surface area contributed by atoms with E-state index in [1.807, 2.05) is 19.1 Å². The molecule has 2 fully saturated rings. The van der Waals surface area contributed by atoms with E-state index in [1.165, 1.54) is 6.07 Å². The molecule has 1 aliphatic carbocycles. The number of nitrogens with one attached hydrogen (secondary N) is 3. The molecule has 4 heterocycles. The van der Waals surface area contributed by atoms with Gasteiger partial charge < -0.3 is 29.8 Å². The van der Waals surface area contributed by atoms with Gasteiger partial charge in [0.2, 0.25) is 0 Å². The number of aromatic amines is 1. The maximum atomic E-state index is 14.6. The largest absolute Gasteiger partial charge is 0.488 e. The number of ether oxygens (including phenoxy) is 3. The molecule has 3 N–H and O–H groups in total. The van der Waals surface area contributed by atoms with Crippen molar-refractivity contribution in [3.63, 3.8) is 0 Å². The molecule has 8 nitrogen and oxygen atoms in total. The predicted octanol–water partition coefficient (Wildman–Crippen LogP) is 4.09. The van der Waals surface area contributed by atoms with E-state index in [4.69, 9.17) is 14.2 Å². The highest BCUT2D eigenvalue weighted by Gasteiger charge is 2.51. The van der Waals surface area contributed by atoms with Gasteiger partial charge in [-0.1, -0.05) is 13.0 Å². The third-order valence-electron chi connectivity index (χ3n) is 7.29. The molecule has 36 heavy (non-hydrogen) atoms. The Morgan fingerprint density at radius 2 is 2.17 bits per heavy atom. The lowest BCUT2D eigenvalue weighted by Crippen LogP contribution is -2.39. The number of aromatic nitrogens is 2. The minimum absolute atomic E-state index is 0.0885. The van der Waals surface area contributed by atoms with Gasteiger partial charge in [-0.25, -0.2) is 4.39 Å². The van der Waals surface area contributed by atoms with Crippen molar-refractivity contribution in [2.45, 2.75) is 37.7 Å². The maximum Gasteiger partial charge on any atom is 0.255 e. The maximum absolute atomic E-state index is 14.6. The Morgan fingerprint density at radius 1 is 1.28 bits per heavy atom. The van der Waals surface area contributed by atoms with Crippen LogP contribution in [-0.4, -0.2) is 55.0 Å². The van der Waals surface area contributed by atoms with Gasteiger partial charge >= 0.3 is 0 Å². The number of benzene rings is 1. The van der Waals surface area contributed by atoms with E-state index in [1.54, 1.807) is 18.5 Å². The molecule has 3 aromatic rings. The Morgan fingerprint density at radius 3 is 2.94 bits per heavy atom. The highest BCUT2D eigenvalue weighted by molar-refractivity contribution is 6.07. The first-order valence-electron chi connectivity index (χ1n) is 12.5. The predicted molar refractivity (Wildman–Crippen MR) is 132 cm³/mol. The van der Waals surface area contributed by atoms with Crippen molar-refractivity contribution >= 4 is 17.3 Å². The number of hydrogen-bond acceptors (Lipinski definition) is 6. The number of H-pyrrole nitrogens is 1. The van der Waals surface area contributed by atoms with Gasteiger partial charge in [-0.2, -0.15) is 0 Å². The van der Waals surface area contributed by atoms with Gasteiger partial charge in [0.15, 0.2) is 0 Å². The lowest BCUT2D eigenvalue weighted by Gasteiger charge is -2.23. The van der Waals surface area contributed by atoms with Crippen LogP contribution in [0, 0.1) is 5.82 Å². The molecule has 0 radical (unpaired) electrons. The van der Waals surface area contributed by atoms with Crippen molar-refractivity contribution in [1.82, 2.24) is 15.3 Å². The molecule has 0 bridgehead atoms. The first kappa shape index (κ1) is 23.0. The number of rotatable bonds is 7. The van der Waals surface area contributed by atoms with Crippen LogP contribution in [-0.2, 0) is 21.3 Å². The summed E-state index contributed by atoms with van der Waals surface area (Å²) in [6.45, 7) is 4.43. The monoisotopic (exact) mass is 492 g/mol. The van der Waals surface area contributed by atoms with Gasteiger partial charge in [0, 0.05) is 40.7 Å². The first-order chi connectivity index (χ1) is 17.6. The summed E-state index contributed by atoms with van der Waals surface area (Å²) in [6, 6.07) is 6.82. The minimum Gasteiger partial charge on any atom is -0.488 e. The molecule has 1 saturated carbocycles. The standard InChI is InChI=1S/C27H29FN4O4/c1-2-17-19(28)4-3-5-20(17)31-24-22-25(27(7-8-27)15-30-26(22)33)32-23(24)18-6-9-29-12-21(18)36-14-16-13-34-10-11-35-16/h3-6,9,12,16,31-32H,2,7-8,10-11,13-15H2,1H3,(H,30,33)/t16-/m1/s1. The van der Waals surface area contributed by atoms with Crippen LogP contribution >= 0.6 is 0 Å². The Balaban J connectivity index is 1.44. The van der Waals surface area contributed by atoms with Crippen molar-refractivity contribution in [3.05, 3.63) is 59.3 Å². The van der Waals surface area contributed by atoms with Gasteiger partial charge in [-0.15, -0.1) is 0 Å². The van der Waals surface area contributed by atoms with Crippen LogP contribution in [0.25, 0.3) is 11.3 Å². The van der Waals surface area contributed by atoms with E-state index in [2.05, 4.69) is 20.6 Å². The van der Waals surface area contributed by atoms with Gasteiger partial charge in [0.1, 0.15) is 24.3 Å². The lowest BCUT2D eigenvalue weighted by molar-refractivity contribution is -0.101. The molecule has 2 aromatic heterocycles. The second-order valence-corrected chi connectivity index (χ2v) is 9.58. The third-order valence-corrected chi connectivity index (χ3v) is 7.29. The van der Waals surface area contributed by atoms with Crippen LogP contribution in [0.15, 0.2) is 36.7 Å². The number of carbonyl (C=O) groups excluding carboxylic acids is 1. The zero-order valence-corrected chi connectivity index (χ0v) is 20.2. The number of carbonyl (C=O) groups is 1. The second kappa shape index (κ2) is 9.22. The van der Waals surface area contributed by atoms with Crippen molar-refractivity contribution in [3.8, 4) is 17.0 Å². The fraction of sp³-hybridized carbons (Fsp3) is 0.407. The van der Waals surface area contributed by atoms with Crippen LogP contribution < -0.4 is 15.4 Å². The first-order valence-corrected chi connectivity index (χ1v) is 12.5. The number of fused-ring (bicyclic) bond motifs is 2. The fourth-order valence-electron chi connectivity index (χ4n) is 5.14. The molecule has 1 spiro atoms. The number of amides is 1. The van der Waals surface area contributed by atoms with Crippen molar-refractivity contribution in [2.24, 2.45) is 0 Å². The SMILES string of the molecule is CCc1c(F)cccc1Nc1c(-c2ccncc2OC[C@H]2COCCO2)[nH]c2c1C(=O)NCC21CC1.